The van der Waals surface area contributed by atoms with Gasteiger partial charge in [0.05, 0.1) is 5.56 Å². The number of hydrogen-bond acceptors (Lipinski definition) is 7. The zero-order valence-electron chi connectivity index (χ0n) is 22.9. The molecule has 0 amide bonds. The van der Waals surface area contributed by atoms with Gasteiger partial charge >= 0.3 is 11.9 Å². The van der Waals surface area contributed by atoms with E-state index in [1.807, 2.05) is 45.0 Å². The summed E-state index contributed by atoms with van der Waals surface area (Å²) in [6, 6.07) is 13.4. The van der Waals surface area contributed by atoms with Gasteiger partial charge < -0.3 is 19.5 Å². The summed E-state index contributed by atoms with van der Waals surface area (Å²) in [5.74, 6) is 0.172. The minimum absolute atomic E-state index is 0.152. The maximum absolute atomic E-state index is 11.3. The van der Waals surface area contributed by atoms with Crippen LogP contribution in [0.1, 0.15) is 85.2 Å². The van der Waals surface area contributed by atoms with Gasteiger partial charge in [-0.2, -0.15) is 4.98 Å². The second kappa shape index (κ2) is 12.4. The van der Waals surface area contributed by atoms with E-state index >= 15 is 0 Å². The number of hydrogen-bond donors (Lipinski definition) is 2. The molecule has 208 valence electrons. The quantitative estimate of drug-likeness (QED) is 0.299. The van der Waals surface area contributed by atoms with E-state index < -0.39 is 11.9 Å². The Morgan fingerprint density at radius 3 is 2.54 bits per heavy atom. The number of aryl methyl sites for hydroxylation is 1. The van der Waals surface area contributed by atoms with Crippen molar-refractivity contribution < 1.29 is 29.1 Å². The number of carboxylic acid groups (broad SMARTS) is 2. The average molecular weight is 536 g/mol. The zero-order valence-corrected chi connectivity index (χ0v) is 22.9. The molecule has 3 aromatic rings. The van der Waals surface area contributed by atoms with Gasteiger partial charge in [-0.1, -0.05) is 50.2 Å². The third kappa shape index (κ3) is 7.66. The first kappa shape index (κ1) is 28.3. The number of aromatic nitrogens is 2. The van der Waals surface area contributed by atoms with Crippen molar-refractivity contribution >= 4 is 11.9 Å². The van der Waals surface area contributed by atoms with E-state index in [0.29, 0.717) is 24.7 Å². The van der Waals surface area contributed by atoms with E-state index in [4.69, 9.17) is 14.4 Å². The van der Waals surface area contributed by atoms with Crippen LogP contribution in [0.2, 0.25) is 0 Å². The normalized spacial score (nSPS) is 15.2. The van der Waals surface area contributed by atoms with Crippen LogP contribution in [0.4, 0.5) is 0 Å². The van der Waals surface area contributed by atoms with Crippen molar-refractivity contribution in [3.63, 3.8) is 0 Å². The lowest BCUT2D eigenvalue weighted by Gasteiger charge is -2.36. The molecule has 0 saturated heterocycles. The molecule has 1 aromatic heterocycles. The third-order valence-corrected chi connectivity index (χ3v) is 7.07. The molecule has 4 rings (SSSR count). The first-order chi connectivity index (χ1) is 18.6. The molecule has 1 heterocycles. The Balaban J connectivity index is 1.48. The van der Waals surface area contributed by atoms with Crippen LogP contribution in [0.15, 0.2) is 47.0 Å². The zero-order chi connectivity index (χ0) is 28.0. The summed E-state index contributed by atoms with van der Waals surface area (Å²) in [6.07, 6.45) is 4.23. The number of nitrogens with zero attached hydrogens (tertiary/aromatic N) is 3. The highest BCUT2D eigenvalue weighted by molar-refractivity contribution is 5.87. The van der Waals surface area contributed by atoms with Crippen molar-refractivity contribution in [2.75, 3.05) is 6.54 Å². The van der Waals surface area contributed by atoms with Gasteiger partial charge in [-0.15, -0.1) is 0 Å². The highest BCUT2D eigenvalue weighted by Crippen LogP contribution is 2.33. The molecule has 1 aliphatic rings. The molecular weight excluding hydrogens is 498 g/mol. The Morgan fingerprint density at radius 2 is 1.87 bits per heavy atom. The van der Waals surface area contributed by atoms with Gasteiger partial charge in [0.1, 0.15) is 5.75 Å². The fraction of sp³-hybridized carbons (Fsp3) is 0.467. The first-order valence-corrected chi connectivity index (χ1v) is 13.4. The molecular formula is C30H37N3O6. The minimum atomic E-state index is -0.945. The van der Waals surface area contributed by atoms with Gasteiger partial charge in [-0.25, -0.2) is 4.79 Å². The lowest BCUT2D eigenvalue weighted by Crippen LogP contribution is -2.39. The average Bonchev–Trinajstić information content (AvgIpc) is 3.39. The van der Waals surface area contributed by atoms with E-state index in [-0.39, 0.29) is 30.0 Å². The summed E-state index contributed by atoms with van der Waals surface area (Å²) in [4.78, 5) is 29.2. The van der Waals surface area contributed by atoms with E-state index in [0.717, 1.165) is 43.5 Å². The molecule has 2 N–H and O–H groups in total. The van der Waals surface area contributed by atoms with E-state index in [1.54, 1.807) is 12.1 Å². The van der Waals surface area contributed by atoms with Crippen LogP contribution >= 0.6 is 0 Å². The molecule has 0 radical (unpaired) electrons. The van der Waals surface area contributed by atoms with Gasteiger partial charge in [0.2, 0.25) is 11.7 Å². The summed E-state index contributed by atoms with van der Waals surface area (Å²) in [5, 5.41) is 22.4. The molecule has 1 unspecified atom stereocenters. The molecule has 0 aliphatic heterocycles. The highest BCUT2D eigenvalue weighted by atomic mass is 16.5. The Hall–Kier alpha value is -3.72. The summed E-state index contributed by atoms with van der Waals surface area (Å²) in [6.45, 7) is 7.70. The van der Waals surface area contributed by atoms with E-state index in [9.17, 15) is 14.7 Å². The molecule has 0 spiro atoms. The molecule has 0 saturated carbocycles. The first-order valence-electron chi connectivity index (χ1n) is 13.4. The number of carboxylic acids is 2. The molecule has 9 heteroatoms. The second-order valence-electron chi connectivity index (χ2n) is 11.2. The van der Waals surface area contributed by atoms with Crippen LogP contribution in [-0.4, -0.2) is 49.8 Å². The lowest BCUT2D eigenvalue weighted by molar-refractivity contribution is -0.137. The number of aromatic carboxylic acids is 1. The molecule has 1 atom stereocenters. The van der Waals surface area contributed by atoms with Crippen LogP contribution < -0.4 is 4.74 Å². The Morgan fingerprint density at radius 1 is 1.10 bits per heavy atom. The Kier molecular flexibility index (Phi) is 9.01. The third-order valence-electron chi connectivity index (χ3n) is 7.07. The number of ether oxygens (including phenoxy) is 1. The van der Waals surface area contributed by atoms with Crippen LogP contribution in [-0.2, 0) is 36.2 Å². The molecule has 9 nitrogen and oxygen atoms in total. The topological polar surface area (TPSA) is 126 Å². The van der Waals surface area contributed by atoms with E-state index in [2.05, 4.69) is 21.1 Å². The monoisotopic (exact) mass is 535 g/mol. The summed E-state index contributed by atoms with van der Waals surface area (Å²) < 4.78 is 11.6. The number of fused-ring (bicyclic) bond motifs is 1. The number of aliphatic carboxylic acids is 1. The molecule has 0 bridgehead atoms. The van der Waals surface area contributed by atoms with Gasteiger partial charge in [0.25, 0.3) is 0 Å². The molecule has 39 heavy (non-hydrogen) atoms. The van der Waals surface area contributed by atoms with Crippen molar-refractivity contribution in [3.8, 4) is 5.75 Å². The van der Waals surface area contributed by atoms with Crippen LogP contribution in [0.25, 0.3) is 0 Å². The Bertz CT molecular complexity index is 1280. The van der Waals surface area contributed by atoms with E-state index in [1.165, 1.54) is 11.1 Å². The Labute approximate surface area is 228 Å². The van der Waals surface area contributed by atoms with Gasteiger partial charge in [0, 0.05) is 24.4 Å². The molecule has 2 aromatic carbocycles. The van der Waals surface area contributed by atoms with Crippen molar-refractivity contribution in [1.29, 1.82) is 0 Å². The number of benzene rings is 2. The number of carbonyl (C=O) groups is 2. The van der Waals surface area contributed by atoms with Crippen molar-refractivity contribution in [2.24, 2.45) is 0 Å². The smallest absolute Gasteiger partial charge is 0.335 e. The van der Waals surface area contributed by atoms with Crippen LogP contribution in [0.5, 0.6) is 5.75 Å². The number of unbranched alkanes of at least 4 members (excludes halogenated alkanes) is 1. The predicted molar refractivity (Wildman–Crippen MR) is 145 cm³/mol. The second-order valence-corrected chi connectivity index (χ2v) is 11.2. The standard InChI is InChI=1S/C30H37N3O6/c1-30(2,3)29-31-26(32-39-29)19-38-25-8-6-7-21-14-15-23(17-24(21)25)33(16-5-4-9-27(34)35)18-20-10-12-22(13-11-20)28(36)37/h6-8,10-13,23H,4-5,9,14-19H2,1-3H3,(H,34,35)(H,36,37). The SMILES string of the molecule is CC(C)(C)c1nc(COc2cccc3c2CC(N(CCCCC(=O)O)Cc2ccc(C(=O)O)cc2)CC3)no1. The number of rotatable bonds is 12. The summed E-state index contributed by atoms with van der Waals surface area (Å²) in [5.41, 5.74) is 3.50. The molecule has 0 fully saturated rings. The largest absolute Gasteiger partial charge is 0.485 e. The summed E-state index contributed by atoms with van der Waals surface area (Å²) >= 11 is 0. The maximum atomic E-state index is 11.3. The lowest BCUT2D eigenvalue weighted by atomic mass is 9.86. The van der Waals surface area contributed by atoms with Crippen molar-refractivity contribution in [3.05, 3.63) is 76.4 Å². The van der Waals surface area contributed by atoms with Gasteiger partial charge in [0.15, 0.2) is 6.61 Å². The van der Waals surface area contributed by atoms with Crippen molar-refractivity contribution in [1.82, 2.24) is 15.0 Å². The summed E-state index contributed by atoms with van der Waals surface area (Å²) in [7, 11) is 0. The minimum Gasteiger partial charge on any atom is -0.485 e. The fourth-order valence-electron chi connectivity index (χ4n) is 4.91. The van der Waals surface area contributed by atoms with Gasteiger partial charge in [-0.3, -0.25) is 9.69 Å². The van der Waals surface area contributed by atoms with Crippen LogP contribution in [0.3, 0.4) is 0 Å². The fourth-order valence-corrected chi connectivity index (χ4v) is 4.91. The molecule has 1 aliphatic carbocycles. The van der Waals surface area contributed by atoms with Crippen molar-refractivity contribution in [2.45, 2.75) is 83.9 Å². The highest BCUT2D eigenvalue weighted by Gasteiger charge is 2.27. The predicted octanol–water partition coefficient (Wildman–Crippen LogP) is 5.26. The van der Waals surface area contributed by atoms with Gasteiger partial charge in [-0.05, 0) is 73.5 Å². The van der Waals surface area contributed by atoms with Crippen LogP contribution in [0, 0.1) is 0 Å². The maximum Gasteiger partial charge on any atom is 0.335 e.